The molecule has 1 aromatic heterocycles. The summed E-state index contributed by atoms with van der Waals surface area (Å²) in [6, 6.07) is 2.36. The van der Waals surface area contributed by atoms with Gasteiger partial charge in [-0.25, -0.2) is 8.42 Å². The van der Waals surface area contributed by atoms with Gasteiger partial charge in [0.15, 0.2) is 16.4 Å². The number of aromatic nitrogens is 1. The van der Waals surface area contributed by atoms with E-state index in [0.29, 0.717) is 24.7 Å². The number of sulfone groups is 1. The van der Waals surface area contributed by atoms with E-state index in [9.17, 15) is 18.0 Å². The highest BCUT2D eigenvalue weighted by atomic mass is 32.2. The molecule has 0 unspecified atom stereocenters. The summed E-state index contributed by atoms with van der Waals surface area (Å²) in [5, 5.41) is 0. The van der Waals surface area contributed by atoms with Crippen molar-refractivity contribution in [3.63, 3.8) is 0 Å². The van der Waals surface area contributed by atoms with Crippen LogP contribution in [0.15, 0.2) is 6.07 Å². The second-order valence-electron chi connectivity index (χ2n) is 6.90. The smallest absolute Gasteiger partial charge is 0.320 e. The minimum atomic E-state index is -2.97. The van der Waals surface area contributed by atoms with E-state index in [1.807, 2.05) is 19.9 Å². The van der Waals surface area contributed by atoms with Crippen LogP contribution in [-0.2, 0) is 19.4 Å². The van der Waals surface area contributed by atoms with E-state index in [4.69, 9.17) is 4.74 Å². The molecule has 0 N–H and O–H groups in total. The van der Waals surface area contributed by atoms with Crippen molar-refractivity contribution in [3.05, 3.63) is 23.0 Å². The topological polar surface area (TPSA) is 85.7 Å². The highest BCUT2D eigenvalue weighted by molar-refractivity contribution is 7.91. The molecule has 0 amide bonds. The summed E-state index contributed by atoms with van der Waals surface area (Å²) in [6.07, 6.45) is 2.29. The number of carbonyl (C=O) groups excluding carboxylic acids is 2. The van der Waals surface area contributed by atoms with Crippen LogP contribution in [0.2, 0.25) is 0 Å². The van der Waals surface area contributed by atoms with Gasteiger partial charge in [0.25, 0.3) is 0 Å². The zero-order valence-corrected chi connectivity index (χ0v) is 15.5. The van der Waals surface area contributed by atoms with Crippen molar-refractivity contribution in [3.8, 4) is 0 Å². The number of ketones is 1. The van der Waals surface area contributed by atoms with Crippen molar-refractivity contribution in [2.75, 3.05) is 37.7 Å². The Morgan fingerprint density at radius 3 is 2.44 bits per heavy atom. The van der Waals surface area contributed by atoms with E-state index in [1.165, 1.54) is 0 Å². The summed E-state index contributed by atoms with van der Waals surface area (Å²) >= 11 is 0. The molecule has 25 heavy (non-hydrogen) atoms. The Bertz CT molecular complexity index is 778. The second kappa shape index (κ2) is 6.92. The second-order valence-corrected chi connectivity index (χ2v) is 9.20. The van der Waals surface area contributed by atoms with Gasteiger partial charge in [-0.3, -0.25) is 14.5 Å². The Hall–Kier alpha value is -1.67. The largest absolute Gasteiger partial charge is 0.456 e. The third-order valence-electron chi connectivity index (χ3n) is 4.85. The fourth-order valence-corrected chi connectivity index (χ4v) is 4.59. The molecule has 1 aliphatic carbocycles. The molecule has 2 aliphatic rings. The minimum absolute atomic E-state index is 0.0178. The molecule has 1 saturated heterocycles. The van der Waals surface area contributed by atoms with Crippen LogP contribution in [0.1, 0.15) is 40.6 Å². The third-order valence-corrected chi connectivity index (χ3v) is 6.46. The van der Waals surface area contributed by atoms with Gasteiger partial charge in [0.2, 0.25) is 5.78 Å². The van der Waals surface area contributed by atoms with Gasteiger partial charge < -0.3 is 9.30 Å². The molecule has 0 spiro atoms. The maximum Gasteiger partial charge on any atom is 0.320 e. The SMILES string of the molecule is Cc1cc(C(=O)COC(=O)CN2CCS(=O)(=O)CC2)c(C)n1C1CC1. The predicted molar refractivity (Wildman–Crippen MR) is 92.6 cm³/mol. The fourth-order valence-electron chi connectivity index (χ4n) is 3.31. The molecule has 1 aliphatic heterocycles. The van der Waals surface area contributed by atoms with Crippen LogP contribution in [0.5, 0.6) is 0 Å². The molecular formula is C17H24N2O5S. The Labute approximate surface area is 147 Å². The average Bonchev–Trinajstić information content (AvgIpc) is 3.32. The van der Waals surface area contributed by atoms with Gasteiger partial charge in [-0.05, 0) is 32.8 Å². The van der Waals surface area contributed by atoms with Crippen LogP contribution in [0.25, 0.3) is 0 Å². The van der Waals surface area contributed by atoms with Crippen LogP contribution in [0.4, 0.5) is 0 Å². The lowest BCUT2D eigenvalue weighted by atomic mass is 10.1. The number of esters is 1. The maximum absolute atomic E-state index is 12.4. The molecule has 0 aromatic carbocycles. The Kier molecular flexibility index (Phi) is 5.02. The highest BCUT2D eigenvalue weighted by Crippen LogP contribution is 2.38. The zero-order chi connectivity index (χ0) is 18.2. The van der Waals surface area contributed by atoms with Crippen molar-refractivity contribution >= 4 is 21.6 Å². The summed E-state index contributed by atoms with van der Waals surface area (Å²) < 4.78 is 30.0. The van der Waals surface area contributed by atoms with E-state index < -0.39 is 15.8 Å². The van der Waals surface area contributed by atoms with Gasteiger partial charge in [-0.15, -0.1) is 0 Å². The van der Waals surface area contributed by atoms with E-state index in [1.54, 1.807) is 4.90 Å². The van der Waals surface area contributed by atoms with Crippen molar-refractivity contribution in [2.45, 2.75) is 32.7 Å². The maximum atomic E-state index is 12.4. The number of rotatable bonds is 6. The number of carbonyl (C=O) groups is 2. The summed E-state index contributed by atoms with van der Waals surface area (Å²) in [6.45, 7) is 4.30. The molecule has 2 heterocycles. The monoisotopic (exact) mass is 368 g/mol. The van der Waals surface area contributed by atoms with Crippen molar-refractivity contribution in [1.29, 1.82) is 0 Å². The molecule has 3 rings (SSSR count). The molecule has 7 nitrogen and oxygen atoms in total. The average molecular weight is 368 g/mol. The quantitative estimate of drug-likeness (QED) is 0.548. The van der Waals surface area contributed by atoms with Crippen LogP contribution >= 0.6 is 0 Å². The van der Waals surface area contributed by atoms with Crippen molar-refractivity contribution in [2.24, 2.45) is 0 Å². The zero-order valence-electron chi connectivity index (χ0n) is 14.7. The van der Waals surface area contributed by atoms with Crippen molar-refractivity contribution < 1.29 is 22.7 Å². The van der Waals surface area contributed by atoms with Crippen LogP contribution in [-0.4, -0.2) is 67.4 Å². The van der Waals surface area contributed by atoms with Crippen LogP contribution in [0.3, 0.4) is 0 Å². The number of hydrogen-bond donors (Lipinski definition) is 0. The molecule has 2 fully saturated rings. The molecular weight excluding hydrogens is 344 g/mol. The summed E-state index contributed by atoms with van der Waals surface area (Å²) in [7, 11) is -2.97. The lowest BCUT2D eigenvalue weighted by Gasteiger charge is -2.25. The van der Waals surface area contributed by atoms with Gasteiger partial charge in [-0.1, -0.05) is 0 Å². The Morgan fingerprint density at radius 1 is 1.20 bits per heavy atom. The molecule has 138 valence electrons. The number of aryl methyl sites for hydroxylation is 1. The van der Waals surface area contributed by atoms with E-state index in [-0.39, 0.29) is 30.4 Å². The molecule has 1 aromatic rings. The Balaban J connectivity index is 1.51. The van der Waals surface area contributed by atoms with Gasteiger partial charge >= 0.3 is 5.97 Å². The standard InChI is InChI=1S/C17H24N2O5S/c1-12-9-15(13(2)19(12)14-3-4-14)16(20)11-24-17(21)10-18-5-7-25(22,23)8-6-18/h9,14H,3-8,10-11H2,1-2H3. The molecule has 1 saturated carbocycles. The minimum Gasteiger partial charge on any atom is -0.456 e. The number of hydrogen-bond acceptors (Lipinski definition) is 6. The normalized spacial score (nSPS) is 20.4. The predicted octanol–water partition coefficient (Wildman–Crippen LogP) is 0.896. The first-order chi connectivity index (χ1) is 11.8. The summed E-state index contributed by atoms with van der Waals surface area (Å²) in [5.74, 6) is -0.572. The highest BCUT2D eigenvalue weighted by Gasteiger charge is 2.29. The number of ether oxygens (including phenoxy) is 1. The van der Waals surface area contributed by atoms with Gasteiger partial charge in [0.05, 0.1) is 18.1 Å². The van der Waals surface area contributed by atoms with Crippen molar-refractivity contribution in [1.82, 2.24) is 9.47 Å². The van der Waals surface area contributed by atoms with E-state index in [0.717, 1.165) is 24.2 Å². The number of nitrogens with zero attached hydrogens (tertiary/aromatic N) is 2. The van der Waals surface area contributed by atoms with E-state index >= 15 is 0 Å². The Morgan fingerprint density at radius 2 is 1.84 bits per heavy atom. The lowest BCUT2D eigenvalue weighted by Crippen LogP contribution is -2.43. The first-order valence-electron chi connectivity index (χ1n) is 8.57. The summed E-state index contributed by atoms with van der Waals surface area (Å²) in [5.41, 5.74) is 2.60. The molecule has 0 radical (unpaired) electrons. The lowest BCUT2D eigenvalue weighted by molar-refractivity contribution is -0.143. The van der Waals surface area contributed by atoms with Gasteiger partial charge in [0, 0.05) is 36.1 Å². The summed E-state index contributed by atoms with van der Waals surface area (Å²) in [4.78, 5) is 26.0. The first-order valence-corrected chi connectivity index (χ1v) is 10.4. The molecule has 8 heteroatoms. The fraction of sp³-hybridized carbons (Fsp3) is 0.647. The van der Waals surface area contributed by atoms with E-state index in [2.05, 4.69) is 4.57 Å². The van der Waals surface area contributed by atoms with Crippen LogP contribution < -0.4 is 0 Å². The molecule has 0 atom stereocenters. The van der Waals surface area contributed by atoms with Gasteiger partial charge in [0.1, 0.15) is 0 Å². The number of Topliss-reactive ketones (excluding diaryl/α,β-unsaturated/α-hetero) is 1. The molecule has 0 bridgehead atoms. The third kappa shape index (κ3) is 4.30. The van der Waals surface area contributed by atoms with Crippen LogP contribution in [0, 0.1) is 13.8 Å². The first kappa shape index (κ1) is 18.1. The van der Waals surface area contributed by atoms with Gasteiger partial charge in [-0.2, -0.15) is 0 Å².